The molecule has 2 aliphatic rings. The van der Waals surface area contributed by atoms with Crippen LogP contribution >= 0.6 is 23.2 Å². The summed E-state index contributed by atoms with van der Waals surface area (Å²) in [6.07, 6.45) is 18.5. The van der Waals surface area contributed by atoms with Gasteiger partial charge in [0.1, 0.15) is 5.78 Å². The summed E-state index contributed by atoms with van der Waals surface area (Å²) >= 11 is 11.7. The van der Waals surface area contributed by atoms with Crippen molar-refractivity contribution in [3.63, 3.8) is 0 Å². The van der Waals surface area contributed by atoms with E-state index >= 15 is 0 Å². The second-order valence-corrected chi connectivity index (χ2v) is 12.9. The quantitative estimate of drug-likeness (QED) is 0.212. The predicted molar refractivity (Wildman–Crippen MR) is 164 cm³/mol. The number of aryl methyl sites for hydroxylation is 2. The van der Waals surface area contributed by atoms with Gasteiger partial charge in [-0.15, -0.1) is 23.2 Å². The van der Waals surface area contributed by atoms with Crippen molar-refractivity contribution in [1.82, 2.24) is 0 Å². The van der Waals surface area contributed by atoms with Crippen LogP contribution in [0, 0.1) is 11.8 Å². The summed E-state index contributed by atoms with van der Waals surface area (Å²) in [7, 11) is 0. The van der Waals surface area contributed by atoms with Crippen LogP contribution in [0.1, 0.15) is 124 Å². The Morgan fingerprint density at radius 3 is 1.29 bits per heavy atom. The Labute approximate surface area is 242 Å². The molecule has 0 radical (unpaired) electrons. The Balaban J connectivity index is 1.13. The molecule has 4 rings (SSSR count). The van der Waals surface area contributed by atoms with E-state index in [1.54, 1.807) is 0 Å². The van der Waals surface area contributed by atoms with E-state index in [4.69, 9.17) is 23.2 Å². The number of carbonyl (C=O) groups excluding carboxylic acids is 1. The lowest BCUT2D eigenvalue weighted by Gasteiger charge is -2.28. The molecule has 2 saturated carbocycles. The molecular weight excluding hydrogens is 507 g/mol. The summed E-state index contributed by atoms with van der Waals surface area (Å²) in [5.74, 6) is 5.15. The van der Waals surface area contributed by atoms with E-state index in [2.05, 4.69) is 48.5 Å². The van der Waals surface area contributed by atoms with Crippen molar-refractivity contribution in [2.75, 3.05) is 11.8 Å². The Bertz CT molecular complexity index is 857. The summed E-state index contributed by atoms with van der Waals surface area (Å²) in [6.45, 7) is 0. The first kappa shape index (κ1) is 29.7. The van der Waals surface area contributed by atoms with Crippen molar-refractivity contribution in [2.24, 2.45) is 11.8 Å². The standard InChI is InChI=1S/C35H48Cl2O/c36-25-1-3-27-5-15-31(16-6-27)33-19-9-29(10-20-33)13-23-35(38)24-14-30-11-21-34(22-12-30)32-17-7-28(8-18-32)4-2-26-37/h9-12,19-22,27-28,31-32H,1-8,13-18,23-26H2. The van der Waals surface area contributed by atoms with Gasteiger partial charge in [-0.05, 0) is 136 Å². The lowest BCUT2D eigenvalue weighted by atomic mass is 9.77. The number of Topliss-reactive ketones (excluding diaryl/α,β-unsaturated/α-hetero) is 1. The summed E-state index contributed by atoms with van der Waals surface area (Å²) in [6, 6.07) is 18.3. The van der Waals surface area contributed by atoms with E-state index in [1.807, 2.05) is 0 Å². The molecule has 38 heavy (non-hydrogen) atoms. The van der Waals surface area contributed by atoms with E-state index in [9.17, 15) is 4.79 Å². The van der Waals surface area contributed by atoms with Crippen molar-refractivity contribution in [2.45, 2.75) is 115 Å². The zero-order valence-corrected chi connectivity index (χ0v) is 24.8. The highest BCUT2D eigenvalue weighted by atomic mass is 35.5. The van der Waals surface area contributed by atoms with Crippen molar-refractivity contribution in [3.8, 4) is 0 Å². The van der Waals surface area contributed by atoms with Crippen LogP contribution < -0.4 is 0 Å². The fourth-order valence-electron chi connectivity index (χ4n) is 6.91. The molecule has 0 spiro atoms. The minimum absolute atomic E-state index is 0.378. The molecule has 0 unspecified atom stereocenters. The van der Waals surface area contributed by atoms with Gasteiger partial charge in [-0.25, -0.2) is 0 Å². The first-order valence-corrected chi connectivity index (χ1v) is 16.5. The van der Waals surface area contributed by atoms with Crippen LogP contribution in [0.4, 0.5) is 0 Å². The van der Waals surface area contributed by atoms with Gasteiger partial charge in [0.25, 0.3) is 0 Å². The fraction of sp³-hybridized carbons (Fsp3) is 0.629. The molecule has 1 nitrogen and oxygen atoms in total. The topological polar surface area (TPSA) is 17.1 Å². The third kappa shape index (κ3) is 9.41. The third-order valence-electron chi connectivity index (χ3n) is 9.47. The van der Waals surface area contributed by atoms with Gasteiger partial charge in [-0.2, -0.15) is 0 Å². The number of halogens is 2. The van der Waals surface area contributed by atoms with Crippen LogP contribution in [-0.2, 0) is 17.6 Å². The normalized spacial score (nSPS) is 23.8. The molecule has 208 valence electrons. The van der Waals surface area contributed by atoms with Gasteiger partial charge in [0, 0.05) is 24.6 Å². The number of hydrogen-bond donors (Lipinski definition) is 0. The van der Waals surface area contributed by atoms with Gasteiger partial charge in [-0.3, -0.25) is 4.79 Å². The first-order valence-electron chi connectivity index (χ1n) is 15.5. The number of rotatable bonds is 14. The molecule has 3 heteroatoms. The maximum Gasteiger partial charge on any atom is 0.133 e. The van der Waals surface area contributed by atoms with Crippen molar-refractivity contribution < 1.29 is 4.79 Å². The lowest BCUT2D eigenvalue weighted by molar-refractivity contribution is -0.119. The van der Waals surface area contributed by atoms with Gasteiger partial charge in [-0.1, -0.05) is 48.5 Å². The number of benzene rings is 2. The summed E-state index contributed by atoms with van der Waals surface area (Å²) in [4.78, 5) is 12.6. The number of ketones is 1. The molecule has 2 aromatic rings. The molecule has 0 bridgehead atoms. The number of carbonyl (C=O) groups is 1. The smallest absolute Gasteiger partial charge is 0.133 e. The molecule has 0 aromatic heterocycles. The minimum Gasteiger partial charge on any atom is -0.300 e. The number of hydrogen-bond acceptors (Lipinski definition) is 1. The predicted octanol–water partition coefficient (Wildman–Crippen LogP) is 10.4. The average molecular weight is 556 g/mol. The largest absolute Gasteiger partial charge is 0.300 e. The van der Waals surface area contributed by atoms with Crippen molar-refractivity contribution in [1.29, 1.82) is 0 Å². The third-order valence-corrected chi connectivity index (χ3v) is 10.0. The maximum absolute atomic E-state index is 12.6. The van der Waals surface area contributed by atoms with Crippen LogP contribution in [0.3, 0.4) is 0 Å². The lowest BCUT2D eigenvalue weighted by Crippen LogP contribution is -2.13. The van der Waals surface area contributed by atoms with Gasteiger partial charge < -0.3 is 0 Å². The number of alkyl halides is 2. The summed E-state index contributed by atoms with van der Waals surface area (Å²) < 4.78 is 0. The monoisotopic (exact) mass is 554 g/mol. The Morgan fingerprint density at radius 2 is 0.947 bits per heavy atom. The van der Waals surface area contributed by atoms with E-state index in [-0.39, 0.29) is 0 Å². The molecule has 0 aliphatic heterocycles. The second-order valence-electron chi connectivity index (χ2n) is 12.1. The van der Waals surface area contributed by atoms with Gasteiger partial charge >= 0.3 is 0 Å². The van der Waals surface area contributed by atoms with Gasteiger partial charge in [0.05, 0.1) is 0 Å². The van der Waals surface area contributed by atoms with Crippen LogP contribution in [0.2, 0.25) is 0 Å². The van der Waals surface area contributed by atoms with Crippen LogP contribution in [0.5, 0.6) is 0 Å². The molecule has 0 amide bonds. The Morgan fingerprint density at radius 1 is 0.579 bits per heavy atom. The average Bonchev–Trinajstić information content (AvgIpc) is 2.98. The molecule has 0 atom stereocenters. The van der Waals surface area contributed by atoms with E-state index in [0.29, 0.717) is 30.5 Å². The molecule has 2 aromatic carbocycles. The van der Waals surface area contributed by atoms with E-state index in [1.165, 1.54) is 86.5 Å². The SMILES string of the molecule is O=C(CCc1ccc(C2CCC(CCCCl)CC2)cc1)CCc1ccc(C2CCC(CCCCl)CC2)cc1. The zero-order valence-electron chi connectivity index (χ0n) is 23.3. The van der Waals surface area contributed by atoms with Crippen molar-refractivity contribution in [3.05, 3.63) is 70.8 Å². The van der Waals surface area contributed by atoms with Crippen molar-refractivity contribution >= 4 is 29.0 Å². The van der Waals surface area contributed by atoms with E-state index < -0.39 is 0 Å². The van der Waals surface area contributed by atoms with Crippen LogP contribution in [0.25, 0.3) is 0 Å². The Kier molecular flexibility index (Phi) is 12.5. The van der Waals surface area contributed by atoms with Crippen LogP contribution in [-0.4, -0.2) is 17.5 Å². The fourth-order valence-corrected chi connectivity index (χ4v) is 7.21. The van der Waals surface area contributed by atoms with E-state index in [0.717, 1.165) is 49.3 Å². The van der Waals surface area contributed by atoms with Crippen LogP contribution in [0.15, 0.2) is 48.5 Å². The molecule has 2 aliphatic carbocycles. The van der Waals surface area contributed by atoms with Gasteiger partial charge in [0.15, 0.2) is 0 Å². The molecule has 0 N–H and O–H groups in total. The summed E-state index contributed by atoms with van der Waals surface area (Å²) in [5.41, 5.74) is 5.55. The Hall–Kier alpha value is -1.31. The minimum atomic E-state index is 0.378. The highest BCUT2D eigenvalue weighted by molar-refractivity contribution is 6.18. The zero-order chi connectivity index (χ0) is 26.6. The second kappa shape index (κ2) is 16.1. The highest BCUT2D eigenvalue weighted by Gasteiger charge is 2.23. The molecule has 0 saturated heterocycles. The molecular formula is C35H48Cl2O. The summed E-state index contributed by atoms with van der Waals surface area (Å²) in [5, 5.41) is 0. The molecule has 0 heterocycles. The van der Waals surface area contributed by atoms with Gasteiger partial charge in [0.2, 0.25) is 0 Å². The first-order chi connectivity index (χ1) is 18.6. The molecule has 2 fully saturated rings. The highest BCUT2D eigenvalue weighted by Crippen LogP contribution is 2.38. The maximum atomic E-state index is 12.6.